The van der Waals surface area contributed by atoms with Gasteiger partial charge in [-0.05, 0) is 45.0 Å². The normalized spacial score (nSPS) is 14.5. The number of ether oxygens (including phenoxy) is 1. The van der Waals surface area contributed by atoms with Crippen LogP contribution in [0.5, 0.6) is 5.75 Å². The lowest BCUT2D eigenvalue weighted by Gasteiger charge is -2.36. The van der Waals surface area contributed by atoms with Crippen LogP contribution in [0.1, 0.15) is 19.4 Å². The van der Waals surface area contributed by atoms with E-state index in [4.69, 9.17) is 4.74 Å². The standard InChI is InChI=1S/C21H27N3O2/c1-16(2)26-20-7-5-4-6-19(20)22-21(25)24-14-12-23(13-15-24)18-10-8-17(3)9-11-18/h4-11,16H,12-15H2,1-3H3,(H,22,25). The number of urea groups is 1. The molecule has 2 aromatic carbocycles. The Morgan fingerprint density at radius 2 is 1.65 bits per heavy atom. The van der Waals surface area contributed by atoms with Crippen LogP contribution in [-0.2, 0) is 0 Å². The topological polar surface area (TPSA) is 44.8 Å². The summed E-state index contributed by atoms with van der Waals surface area (Å²) >= 11 is 0. The van der Waals surface area contributed by atoms with Crippen LogP contribution in [0.25, 0.3) is 0 Å². The number of piperazine rings is 1. The number of hydrogen-bond acceptors (Lipinski definition) is 3. The number of amides is 2. The first kappa shape index (κ1) is 18.1. The van der Waals surface area contributed by atoms with Crippen LogP contribution in [0.4, 0.5) is 16.2 Å². The zero-order chi connectivity index (χ0) is 18.5. The molecule has 5 nitrogen and oxygen atoms in total. The van der Waals surface area contributed by atoms with Crippen LogP contribution in [0.15, 0.2) is 48.5 Å². The van der Waals surface area contributed by atoms with Crippen molar-refractivity contribution in [2.45, 2.75) is 26.9 Å². The molecule has 0 aliphatic carbocycles. The molecule has 0 unspecified atom stereocenters. The van der Waals surface area contributed by atoms with Crippen LogP contribution < -0.4 is 15.0 Å². The molecular formula is C21H27N3O2. The highest BCUT2D eigenvalue weighted by Gasteiger charge is 2.22. The van der Waals surface area contributed by atoms with Gasteiger partial charge in [0.1, 0.15) is 5.75 Å². The fourth-order valence-electron chi connectivity index (χ4n) is 3.04. The van der Waals surface area contributed by atoms with Crippen molar-refractivity contribution < 1.29 is 9.53 Å². The molecule has 138 valence electrons. The van der Waals surface area contributed by atoms with Gasteiger partial charge >= 0.3 is 6.03 Å². The lowest BCUT2D eigenvalue weighted by Crippen LogP contribution is -2.50. The average Bonchev–Trinajstić information content (AvgIpc) is 2.64. The molecule has 0 atom stereocenters. The van der Waals surface area contributed by atoms with Crippen LogP contribution in [0, 0.1) is 6.92 Å². The maximum atomic E-state index is 12.6. The number of hydrogen-bond donors (Lipinski definition) is 1. The summed E-state index contributed by atoms with van der Waals surface area (Å²) in [7, 11) is 0. The largest absolute Gasteiger partial charge is 0.489 e. The van der Waals surface area contributed by atoms with Crippen molar-refractivity contribution in [3.8, 4) is 5.75 Å². The lowest BCUT2D eigenvalue weighted by atomic mass is 10.2. The predicted molar refractivity (Wildman–Crippen MR) is 106 cm³/mol. The first-order chi connectivity index (χ1) is 12.5. The average molecular weight is 353 g/mol. The second-order valence-corrected chi connectivity index (χ2v) is 6.90. The van der Waals surface area contributed by atoms with Gasteiger partial charge in [-0.25, -0.2) is 4.79 Å². The van der Waals surface area contributed by atoms with E-state index in [9.17, 15) is 4.79 Å². The molecule has 1 saturated heterocycles. The van der Waals surface area contributed by atoms with Gasteiger partial charge in [-0.1, -0.05) is 29.8 Å². The smallest absolute Gasteiger partial charge is 0.322 e. The summed E-state index contributed by atoms with van der Waals surface area (Å²) in [5.41, 5.74) is 3.19. The molecule has 0 saturated carbocycles. The van der Waals surface area contributed by atoms with Gasteiger partial charge in [0.25, 0.3) is 0 Å². The number of nitrogens with one attached hydrogen (secondary N) is 1. The highest BCUT2D eigenvalue weighted by atomic mass is 16.5. The molecule has 26 heavy (non-hydrogen) atoms. The zero-order valence-corrected chi connectivity index (χ0v) is 15.7. The van der Waals surface area contributed by atoms with Crippen LogP contribution in [0.2, 0.25) is 0 Å². The van der Waals surface area contributed by atoms with E-state index < -0.39 is 0 Å². The van der Waals surface area contributed by atoms with Crippen LogP contribution >= 0.6 is 0 Å². The van der Waals surface area contributed by atoms with E-state index >= 15 is 0 Å². The van der Waals surface area contributed by atoms with E-state index in [1.807, 2.05) is 43.0 Å². The van der Waals surface area contributed by atoms with Crippen molar-refractivity contribution in [2.75, 3.05) is 36.4 Å². The van der Waals surface area contributed by atoms with Crippen molar-refractivity contribution in [3.05, 3.63) is 54.1 Å². The molecule has 1 heterocycles. The van der Waals surface area contributed by atoms with Gasteiger partial charge in [0.15, 0.2) is 0 Å². The fraction of sp³-hybridized carbons (Fsp3) is 0.381. The van der Waals surface area contributed by atoms with Gasteiger partial charge in [0, 0.05) is 31.9 Å². The van der Waals surface area contributed by atoms with E-state index in [0.29, 0.717) is 24.5 Å². The van der Waals surface area contributed by atoms with Crippen molar-refractivity contribution in [3.63, 3.8) is 0 Å². The van der Waals surface area contributed by atoms with E-state index in [1.54, 1.807) is 0 Å². The van der Waals surface area contributed by atoms with Gasteiger partial charge in [-0.3, -0.25) is 0 Å². The Kier molecular flexibility index (Phi) is 5.66. The minimum absolute atomic E-state index is 0.0612. The number of carbonyl (C=O) groups is 1. The van der Waals surface area contributed by atoms with Gasteiger partial charge in [-0.2, -0.15) is 0 Å². The Balaban J connectivity index is 1.58. The second-order valence-electron chi connectivity index (χ2n) is 6.90. The van der Waals surface area contributed by atoms with Crippen LogP contribution in [0.3, 0.4) is 0 Å². The molecule has 0 spiro atoms. The molecule has 2 amide bonds. The summed E-state index contributed by atoms with van der Waals surface area (Å²) in [6, 6.07) is 16.0. The number of carbonyl (C=O) groups excluding carboxylic acids is 1. The third-order valence-electron chi connectivity index (χ3n) is 4.46. The van der Waals surface area contributed by atoms with Crippen molar-refractivity contribution in [1.29, 1.82) is 0 Å². The van der Waals surface area contributed by atoms with Gasteiger partial charge in [0.05, 0.1) is 11.8 Å². The molecule has 0 bridgehead atoms. The quantitative estimate of drug-likeness (QED) is 0.899. The number of rotatable bonds is 4. The predicted octanol–water partition coefficient (Wildman–Crippen LogP) is 4.14. The van der Waals surface area contributed by atoms with Crippen molar-refractivity contribution in [2.24, 2.45) is 0 Å². The number of benzene rings is 2. The Labute approximate surface area is 155 Å². The maximum absolute atomic E-state index is 12.6. The summed E-state index contributed by atoms with van der Waals surface area (Å²) in [5, 5.41) is 2.99. The third kappa shape index (κ3) is 4.48. The molecule has 2 aromatic rings. The molecule has 0 aromatic heterocycles. The highest BCUT2D eigenvalue weighted by molar-refractivity contribution is 5.91. The summed E-state index contributed by atoms with van der Waals surface area (Å²) in [4.78, 5) is 16.8. The Hall–Kier alpha value is -2.69. The van der Waals surface area contributed by atoms with Crippen LogP contribution in [-0.4, -0.2) is 43.2 Å². The van der Waals surface area contributed by atoms with E-state index in [0.717, 1.165) is 13.1 Å². The lowest BCUT2D eigenvalue weighted by molar-refractivity contribution is 0.207. The first-order valence-corrected chi connectivity index (χ1v) is 9.16. The zero-order valence-electron chi connectivity index (χ0n) is 15.7. The SMILES string of the molecule is Cc1ccc(N2CCN(C(=O)Nc3ccccc3OC(C)C)CC2)cc1. The summed E-state index contributed by atoms with van der Waals surface area (Å²) < 4.78 is 5.78. The van der Waals surface area contributed by atoms with Gasteiger partial charge < -0.3 is 19.9 Å². The number of nitrogens with zero attached hydrogens (tertiary/aromatic N) is 2. The minimum atomic E-state index is -0.0756. The monoisotopic (exact) mass is 353 g/mol. The Morgan fingerprint density at radius 3 is 2.31 bits per heavy atom. The van der Waals surface area contributed by atoms with Crippen molar-refractivity contribution in [1.82, 2.24) is 4.90 Å². The third-order valence-corrected chi connectivity index (χ3v) is 4.46. The highest BCUT2D eigenvalue weighted by Crippen LogP contribution is 2.25. The second kappa shape index (κ2) is 8.13. The number of aryl methyl sites for hydroxylation is 1. The van der Waals surface area contributed by atoms with Gasteiger partial charge in [0.2, 0.25) is 0 Å². The maximum Gasteiger partial charge on any atom is 0.322 e. The first-order valence-electron chi connectivity index (χ1n) is 9.16. The van der Waals surface area contributed by atoms with E-state index in [1.165, 1.54) is 11.3 Å². The van der Waals surface area contributed by atoms with E-state index in [-0.39, 0.29) is 12.1 Å². The number of para-hydroxylation sites is 2. The molecule has 0 radical (unpaired) electrons. The van der Waals surface area contributed by atoms with Gasteiger partial charge in [-0.15, -0.1) is 0 Å². The molecule has 1 aliphatic heterocycles. The Bertz CT molecular complexity index is 735. The van der Waals surface area contributed by atoms with Crippen molar-refractivity contribution >= 4 is 17.4 Å². The fourth-order valence-corrected chi connectivity index (χ4v) is 3.04. The molecule has 1 aliphatic rings. The summed E-state index contributed by atoms with van der Waals surface area (Å²) in [6.07, 6.45) is 0.0612. The molecule has 1 fully saturated rings. The molecule has 1 N–H and O–H groups in total. The molecular weight excluding hydrogens is 326 g/mol. The summed E-state index contributed by atoms with van der Waals surface area (Å²) in [5.74, 6) is 0.703. The molecule has 3 rings (SSSR count). The Morgan fingerprint density at radius 1 is 1.00 bits per heavy atom. The van der Waals surface area contributed by atoms with E-state index in [2.05, 4.69) is 41.4 Å². The minimum Gasteiger partial charge on any atom is -0.489 e. The number of anilines is 2. The molecule has 5 heteroatoms. The summed E-state index contributed by atoms with van der Waals surface area (Å²) in [6.45, 7) is 9.11.